The van der Waals surface area contributed by atoms with Crippen LogP contribution in [-0.2, 0) is 13.0 Å². The zero-order valence-corrected chi connectivity index (χ0v) is 16.3. The highest BCUT2D eigenvalue weighted by Crippen LogP contribution is 2.24. The molecule has 6 nitrogen and oxygen atoms in total. The molecule has 0 radical (unpaired) electrons. The molecule has 0 N–H and O–H groups in total. The summed E-state index contributed by atoms with van der Waals surface area (Å²) in [5.74, 6) is 0.861. The second-order valence-corrected chi connectivity index (χ2v) is 6.30. The van der Waals surface area contributed by atoms with Gasteiger partial charge in [-0.3, -0.25) is 4.79 Å². The van der Waals surface area contributed by atoms with E-state index in [4.69, 9.17) is 0 Å². The third kappa shape index (κ3) is 3.60. The summed E-state index contributed by atoms with van der Waals surface area (Å²) >= 11 is 0. The Hall–Kier alpha value is -3.02. The van der Waals surface area contributed by atoms with Crippen LogP contribution in [0.4, 0.5) is 0 Å². The summed E-state index contributed by atoms with van der Waals surface area (Å²) in [6.45, 7) is 9.18. The second-order valence-electron chi connectivity index (χ2n) is 6.30. The van der Waals surface area contributed by atoms with Crippen molar-refractivity contribution in [2.45, 2.75) is 40.7 Å². The lowest BCUT2D eigenvalue weighted by Gasteiger charge is -2.29. The first-order chi connectivity index (χ1) is 13.1. The molecule has 140 valence electrons. The predicted molar refractivity (Wildman–Crippen MR) is 105 cm³/mol. The van der Waals surface area contributed by atoms with Crippen molar-refractivity contribution < 1.29 is 4.79 Å². The summed E-state index contributed by atoms with van der Waals surface area (Å²) in [6.07, 6.45) is 5.87. The molecule has 0 spiro atoms. The molecule has 27 heavy (non-hydrogen) atoms. The van der Waals surface area contributed by atoms with Crippen LogP contribution in [0.3, 0.4) is 0 Å². The van der Waals surface area contributed by atoms with Crippen LogP contribution in [0.25, 0.3) is 5.82 Å². The van der Waals surface area contributed by atoms with E-state index in [1.165, 1.54) is 0 Å². The number of rotatable bonds is 2. The summed E-state index contributed by atoms with van der Waals surface area (Å²) < 4.78 is 1.75. The normalized spacial score (nSPS) is 12.8. The Morgan fingerprint density at radius 2 is 1.93 bits per heavy atom. The molecule has 0 bridgehead atoms. The molecule has 4 rings (SSSR count). The van der Waals surface area contributed by atoms with Crippen molar-refractivity contribution >= 4 is 5.91 Å². The Morgan fingerprint density at radius 3 is 2.67 bits per heavy atom. The van der Waals surface area contributed by atoms with Crippen LogP contribution in [0.1, 0.15) is 46.6 Å². The lowest BCUT2D eigenvalue weighted by Crippen LogP contribution is -2.37. The summed E-state index contributed by atoms with van der Waals surface area (Å²) in [5, 5.41) is 4.26. The van der Waals surface area contributed by atoms with Gasteiger partial charge in [-0.05, 0) is 43.5 Å². The number of amides is 1. The van der Waals surface area contributed by atoms with E-state index < -0.39 is 0 Å². The monoisotopic (exact) mass is 363 g/mol. The molecular formula is C21H25N5O. The fourth-order valence-corrected chi connectivity index (χ4v) is 3.26. The summed E-state index contributed by atoms with van der Waals surface area (Å²) in [7, 11) is 0. The quantitative estimate of drug-likeness (QED) is 0.699. The van der Waals surface area contributed by atoms with Crippen LogP contribution in [0.2, 0.25) is 0 Å². The number of carbonyl (C=O) groups is 1. The maximum Gasteiger partial charge on any atom is 0.254 e. The molecule has 0 aliphatic carbocycles. The van der Waals surface area contributed by atoms with Gasteiger partial charge in [0.1, 0.15) is 6.33 Å². The van der Waals surface area contributed by atoms with Crippen LogP contribution in [0.15, 0.2) is 43.0 Å². The molecule has 1 aromatic carbocycles. The van der Waals surface area contributed by atoms with Crippen molar-refractivity contribution in [3.8, 4) is 5.82 Å². The van der Waals surface area contributed by atoms with E-state index in [1.807, 2.05) is 63.1 Å². The van der Waals surface area contributed by atoms with E-state index in [2.05, 4.69) is 15.1 Å². The summed E-state index contributed by atoms with van der Waals surface area (Å²) in [4.78, 5) is 23.6. The number of aryl methyl sites for hydroxylation is 1. The highest BCUT2D eigenvalue weighted by Gasteiger charge is 2.26. The van der Waals surface area contributed by atoms with E-state index >= 15 is 0 Å². The topological polar surface area (TPSA) is 63.9 Å². The first-order valence-electron chi connectivity index (χ1n) is 9.33. The minimum absolute atomic E-state index is 0.0612. The predicted octanol–water partition coefficient (Wildman–Crippen LogP) is 3.50. The summed E-state index contributed by atoms with van der Waals surface area (Å²) in [6, 6.07) is 7.73. The second kappa shape index (κ2) is 8.12. The minimum Gasteiger partial charge on any atom is -0.332 e. The van der Waals surface area contributed by atoms with E-state index in [1.54, 1.807) is 17.2 Å². The van der Waals surface area contributed by atoms with Crippen molar-refractivity contribution in [2.24, 2.45) is 0 Å². The zero-order valence-electron chi connectivity index (χ0n) is 16.3. The third-order valence-corrected chi connectivity index (χ3v) is 4.83. The van der Waals surface area contributed by atoms with E-state index in [-0.39, 0.29) is 5.91 Å². The molecule has 0 saturated heterocycles. The van der Waals surface area contributed by atoms with Gasteiger partial charge in [-0.15, -0.1) is 0 Å². The Bertz CT molecular complexity index is 934. The van der Waals surface area contributed by atoms with Gasteiger partial charge >= 0.3 is 0 Å². The molecule has 1 amide bonds. The van der Waals surface area contributed by atoms with Crippen molar-refractivity contribution in [1.29, 1.82) is 0 Å². The van der Waals surface area contributed by atoms with Gasteiger partial charge in [0.05, 0.1) is 12.2 Å². The lowest BCUT2D eigenvalue weighted by atomic mass is 10.00. The standard InChI is InChI=1S/C19H19N5O.C2H6/c1-13-5-3-6-15(14(13)2)19(25)23-10-7-16-17(11-23)20-12-21-18(16)24-9-4-8-22-24;1-2/h3-6,8-9,12H,7,10-11H2,1-2H3;1-2H3. The van der Waals surface area contributed by atoms with E-state index in [9.17, 15) is 4.79 Å². The Balaban J connectivity index is 0.00000102. The number of fused-ring (bicyclic) bond motifs is 1. The van der Waals surface area contributed by atoms with Crippen LogP contribution in [-0.4, -0.2) is 37.1 Å². The minimum atomic E-state index is 0.0612. The number of aromatic nitrogens is 4. The van der Waals surface area contributed by atoms with Gasteiger partial charge in [-0.25, -0.2) is 14.6 Å². The summed E-state index contributed by atoms with van der Waals surface area (Å²) in [5.41, 5.74) is 4.90. The van der Waals surface area contributed by atoms with Crippen LogP contribution in [0.5, 0.6) is 0 Å². The van der Waals surface area contributed by atoms with Gasteiger partial charge in [0.15, 0.2) is 5.82 Å². The number of benzene rings is 1. The van der Waals surface area contributed by atoms with Crippen molar-refractivity contribution in [1.82, 2.24) is 24.6 Å². The maximum absolute atomic E-state index is 13.0. The van der Waals surface area contributed by atoms with Crippen LogP contribution < -0.4 is 0 Å². The van der Waals surface area contributed by atoms with Gasteiger partial charge in [0.25, 0.3) is 5.91 Å². The van der Waals surface area contributed by atoms with E-state index in [0.29, 0.717) is 13.1 Å². The van der Waals surface area contributed by atoms with Gasteiger partial charge < -0.3 is 4.90 Å². The SMILES string of the molecule is CC.Cc1cccc(C(=O)N2CCc3c(ncnc3-n3cccn3)C2)c1C. The molecule has 0 unspecified atom stereocenters. The molecule has 6 heteroatoms. The van der Waals surface area contributed by atoms with Crippen LogP contribution in [0, 0.1) is 13.8 Å². The molecule has 2 aromatic heterocycles. The van der Waals surface area contributed by atoms with Gasteiger partial charge in [0, 0.05) is 30.1 Å². The average molecular weight is 363 g/mol. The molecule has 0 saturated carbocycles. The number of hydrogen-bond acceptors (Lipinski definition) is 4. The van der Waals surface area contributed by atoms with Gasteiger partial charge in [-0.1, -0.05) is 26.0 Å². The number of carbonyl (C=O) groups excluding carboxylic acids is 1. The van der Waals surface area contributed by atoms with Crippen LogP contribution >= 0.6 is 0 Å². The average Bonchev–Trinajstić information content (AvgIpc) is 3.25. The highest BCUT2D eigenvalue weighted by atomic mass is 16.2. The molecule has 0 atom stereocenters. The molecule has 1 aliphatic heterocycles. The first kappa shape index (κ1) is 18.8. The molecule has 1 aliphatic rings. The van der Waals surface area contributed by atoms with Crippen molar-refractivity contribution in [3.05, 3.63) is 70.9 Å². The zero-order chi connectivity index (χ0) is 19.4. The lowest BCUT2D eigenvalue weighted by molar-refractivity contribution is 0.0730. The van der Waals surface area contributed by atoms with Crippen molar-refractivity contribution in [3.63, 3.8) is 0 Å². The largest absolute Gasteiger partial charge is 0.332 e. The fraction of sp³-hybridized carbons (Fsp3) is 0.333. The van der Waals surface area contributed by atoms with Gasteiger partial charge in [0.2, 0.25) is 0 Å². The van der Waals surface area contributed by atoms with Crippen molar-refractivity contribution in [2.75, 3.05) is 6.54 Å². The smallest absolute Gasteiger partial charge is 0.254 e. The van der Waals surface area contributed by atoms with Gasteiger partial charge in [-0.2, -0.15) is 5.10 Å². The highest BCUT2D eigenvalue weighted by molar-refractivity contribution is 5.96. The fourth-order valence-electron chi connectivity index (χ4n) is 3.26. The first-order valence-corrected chi connectivity index (χ1v) is 9.33. The maximum atomic E-state index is 13.0. The Kier molecular flexibility index (Phi) is 5.64. The third-order valence-electron chi connectivity index (χ3n) is 4.83. The number of hydrogen-bond donors (Lipinski definition) is 0. The Labute approximate surface area is 159 Å². The molecule has 0 fully saturated rings. The van der Waals surface area contributed by atoms with E-state index in [0.717, 1.165) is 40.2 Å². The Morgan fingerprint density at radius 1 is 1.11 bits per heavy atom. The molecular weight excluding hydrogens is 338 g/mol. The number of nitrogens with zero attached hydrogens (tertiary/aromatic N) is 5. The molecule has 3 heterocycles. The molecule has 3 aromatic rings.